The number of rotatable bonds is 5. The van der Waals surface area contributed by atoms with Crippen molar-refractivity contribution in [2.24, 2.45) is 5.73 Å². The number of aryl methyl sites for hydroxylation is 1. The van der Waals surface area contributed by atoms with E-state index in [9.17, 15) is 4.79 Å². The number of primary amides is 1. The number of anilines is 1. The molecule has 0 saturated heterocycles. The predicted octanol–water partition coefficient (Wildman–Crippen LogP) is 2.68. The van der Waals surface area contributed by atoms with Gasteiger partial charge in [-0.25, -0.2) is 4.98 Å². The molecule has 0 spiro atoms. The first-order chi connectivity index (χ1) is 9.54. The van der Waals surface area contributed by atoms with Crippen LogP contribution in [0.15, 0.2) is 36.5 Å². The summed E-state index contributed by atoms with van der Waals surface area (Å²) in [5.41, 5.74) is 9.12. The van der Waals surface area contributed by atoms with Crippen molar-refractivity contribution < 1.29 is 4.79 Å². The zero-order valence-electron chi connectivity index (χ0n) is 11.2. The van der Waals surface area contributed by atoms with E-state index in [4.69, 9.17) is 17.3 Å². The van der Waals surface area contributed by atoms with E-state index in [2.05, 4.69) is 34.6 Å². The summed E-state index contributed by atoms with van der Waals surface area (Å²) in [7, 11) is 0. The molecule has 0 radical (unpaired) electrons. The van der Waals surface area contributed by atoms with E-state index in [0.29, 0.717) is 11.7 Å². The average molecular weight is 290 g/mol. The normalized spacial score (nSPS) is 10.3. The van der Waals surface area contributed by atoms with Crippen molar-refractivity contribution in [1.29, 1.82) is 0 Å². The van der Waals surface area contributed by atoms with Gasteiger partial charge in [0.15, 0.2) is 0 Å². The van der Waals surface area contributed by atoms with Crippen LogP contribution in [0.3, 0.4) is 0 Å². The molecule has 0 saturated carbocycles. The Kier molecular flexibility index (Phi) is 4.58. The van der Waals surface area contributed by atoms with Crippen LogP contribution in [0.5, 0.6) is 0 Å². The van der Waals surface area contributed by atoms with Gasteiger partial charge in [0.1, 0.15) is 5.15 Å². The SMILES string of the molecule is Cc1ccc(CNc2cc(Cl)ncc2CC(N)=O)cc1. The van der Waals surface area contributed by atoms with Crippen molar-refractivity contribution in [2.75, 3.05) is 5.32 Å². The van der Waals surface area contributed by atoms with Crippen molar-refractivity contribution in [3.8, 4) is 0 Å². The Morgan fingerprint density at radius 1 is 1.35 bits per heavy atom. The molecule has 2 aromatic rings. The van der Waals surface area contributed by atoms with E-state index in [0.717, 1.165) is 16.8 Å². The number of carbonyl (C=O) groups is 1. The predicted molar refractivity (Wildman–Crippen MR) is 80.7 cm³/mol. The lowest BCUT2D eigenvalue weighted by Crippen LogP contribution is -2.15. The molecule has 4 nitrogen and oxygen atoms in total. The summed E-state index contributed by atoms with van der Waals surface area (Å²) < 4.78 is 0. The van der Waals surface area contributed by atoms with Crippen molar-refractivity contribution in [2.45, 2.75) is 19.9 Å². The quantitative estimate of drug-likeness (QED) is 0.832. The molecular formula is C15H16ClN3O. The highest BCUT2D eigenvalue weighted by Gasteiger charge is 2.07. The van der Waals surface area contributed by atoms with Crippen LogP contribution < -0.4 is 11.1 Å². The van der Waals surface area contributed by atoms with Crippen molar-refractivity contribution in [1.82, 2.24) is 4.98 Å². The van der Waals surface area contributed by atoms with Gasteiger partial charge in [-0.3, -0.25) is 4.79 Å². The van der Waals surface area contributed by atoms with Gasteiger partial charge in [0, 0.05) is 24.0 Å². The van der Waals surface area contributed by atoms with Crippen LogP contribution in [-0.4, -0.2) is 10.9 Å². The topological polar surface area (TPSA) is 68.0 Å². The second-order valence-corrected chi connectivity index (χ2v) is 5.03. The highest BCUT2D eigenvalue weighted by Crippen LogP contribution is 2.20. The number of halogens is 1. The lowest BCUT2D eigenvalue weighted by Gasteiger charge is -2.11. The Morgan fingerprint density at radius 2 is 2.05 bits per heavy atom. The molecule has 20 heavy (non-hydrogen) atoms. The lowest BCUT2D eigenvalue weighted by atomic mass is 10.1. The number of pyridine rings is 1. The van der Waals surface area contributed by atoms with Crippen LogP contribution in [0, 0.1) is 6.92 Å². The third-order valence-corrected chi connectivity index (χ3v) is 3.13. The van der Waals surface area contributed by atoms with E-state index >= 15 is 0 Å². The van der Waals surface area contributed by atoms with Gasteiger partial charge in [0.25, 0.3) is 0 Å². The molecule has 0 aliphatic heterocycles. The Bertz CT molecular complexity index is 611. The summed E-state index contributed by atoms with van der Waals surface area (Å²) in [5, 5.41) is 3.64. The number of nitrogens with two attached hydrogens (primary N) is 1. The van der Waals surface area contributed by atoms with Gasteiger partial charge in [-0.2, -0.15) is 0 Å². The van der Waals surface area contributed by atoms with Gasteiger partial charge in [0.05, 0.1) is 6.42 Å². The molecule has 0 atom stereocenters. The average Bonchev–Trinajstić information content (AvgIpc) is 2.40. The van der Waals surface area contributed by atoms with Crippen LogP contribution in [0.25, 0.3) is 0 Å². The van der Waals surface area contributed by atoms with Gasteiger partial charge in [-0.1, -0.05) is 41.4 Å². The molecule has 104 valence electrons. The number of hydrogen-bond donors (Lipinski definition) is 2. The first-order valence-electron chi connectivity index (χ1n) is 6.27. The number of aromatic nitrogens is 1. The zero-order valence-corrected chi connectivity index (χ0v) is 11.9. The summed E-state index contributed by atoms with van der Waals surface area (Å²) in [6.07, 6.45) is 1.71. The van der Waals surface area contributed by atoms with Crippen LogP contribution in [0.1, 0.15) is 16.7 Å². The molecule has 2 rings (SSSR count). The molecule has 0 bridgehead atoms. The third kappa shape index (κ3) is 3.96. The summed E-state index contributed by atoms with van der Waals surface area (Å²) >= 11 is 5.89. The number of nitrogens with zero attached hydrogens (tertiary/aromatic N) is 1. The highest BCUT2D eigenvalue weighted by atomic mass is 35.5. The van der Waals surface area contributed by atoms with Crippen LogP contribution >= 0.6 is 11.6 Å². The van der Waals surface area contributed by atoms with Gasteiger partial charge in [-0.15, -0.1) is 0 Å². The van der Waals surface area contributed by atoms with Crippen molar-refractivity contribution in [3.63, 3.8) is 0 Å². The molecule has 0 unspecified atom stereocenters. The third-order valence-electron chi connectivity index (χ3n) is 2.92. The molecular weight excluding hydrogens is 274 g/mol. The van der Waals surface area contributed by atoms with E-state index in [1.165, 1.54) is 5.56 Å². The Balaban J connectivity index is 2.13. The van der Waals surface area contributed by atoms with Gasteiger partial charge in [-0.05, 0) is 18.6 Å². The zero-order chi connectivity index (χ0) is 14.5. The Labute approximate surface area is 123 Å². The number of hydrogen-bond acceptors (Lipinski definition) is 3. The lowest BCUT2D eigenvalue weighted by molar-refractivity contribution is -0.117. The maximum Gasteiger partial charge on any atom is 0.221 e. The fraction of sp³-hybridized carbons (Fsp3) is 0.200. The number of amides is 1. The van der Waals surface area contributed by atoms with E-state index in [-0.39, 0.29) is 6.42 Å². The minimum Gasteiger partial charge on any atom is -0.381 e. The van der Waals surface area contributed by atoms with Crippen LogP contribution in [-0.2, 0) is 17.8 Å². The summed E-state index contributed by atoms with van der Waals surface area (Å²) in [4.78, 5) is 15.0. The minimum absolute atomic E-state index is 0.139. The highest BCUT2D eigenvalue weighted by molar-refractivity contribution is 6.29. The fourth-order valence-corrected chi connectivity index (χ4v) is 2.01. The number of benzene rings is 1. The monoisotopic (exact) mass is 289 g/mol. The summed E-state index contributed by atoms with van der Waals surface area (Å²) in [5.74, 6) is -0.396. The molecule has 0 aliphatic rings. The smallest absolute Gasteiger partial charge is 0.221 e. The molecule has 5 heteroatoms. The maximum absolute atomic E-state index is 11.1. The first kappa shape index (κ1) is 14.3. The molecule has 0 aliphatic carbocycles. The molecule has 3 N–H and O–H groups in total. The second-order valence-electron chi connectivity index (χ2n) is 4.65. The largest absolute Gasteiger partial charge is 0.381 e. The van der Waals surface area contributed by atoms with E-state index in [1.54, 1.807) is 12.3 Å². The minimum atomic E-state index is -0.396. The van der Waals surface area contributed by atoms with Crippen LogP contribution in [0.4, 0.5) is 5.69 Å². The van der Waals surface area contributed by atoms with Gasteiger partial charge >= 0.3 is 0 Å². The van der Waals surface area contributed by atoms with E-state index in [1.807, 2.05) is 6.92 Å². The van der Waals surface area contributed by atoms with Gasteiger partial charge in [0.2, 0.25) is 5.91 Å². The van der Waals surface area contributed by atoms with Crippen LogP contribution in [0.2, 0.25) is 5.15 Å². The van der Waals surface area contributed by atoms with Gasteiger partial charge < -0.3 is 11.1 Å². The Morgan fingerprint density at radius 3 is 2.70 bits per heavy atom. The van der Waals surface area contributed by atoms with Crippen molar-refractivity contribution >= 4 is 23.2 Å². The fourth-order valence-electron chi connectivity index (χ4n) is 1.85. The standard InChI is InChI=1S/C15H16ClN3O/c1-10-2-4-11(5-3-10)8-18-13-7-14(16)19-9-12(13)6-15(17)20/h2-5,7,9H,6,8H2,1H3,(H2,17,20)(H,18,19). The first-order valence-corrected chi connectivity index (χ1v) is 6.64. The molecule has 1 amide bonds. The van der Waals surface area contributed by atoms with Crippen molar-refractivity contribution in [3.05, 3.63) is 58.4 Å². The molecule has 0 fully saturated rings. The molecule has 1 heterocycles. The number of nitrogens with one attached hydrogen (secondary N) is 1. The van der Waals surface area contributed by atoms with E-state index < -0.39 is 5.91 Å². The summed E-state index contributed by atoms with van der Waals surface area (Å²) in [6, 6.07) is 9.92. The summed E-state index contributed by atoms with van der Waals surface area (Å²) in [6.45, 7) is 2.69. The molecule has 1 aromatic carbocycles. The Hall–Kier alpha value is -2.07. The second kappa shape index (κ2) is 6.39. The number of carbonyl (C=O) groups excluding carboxylic acids is 1. The maximum atomic E-state index is 11.1. The molecule has 1 aromatic heterocycles.